The van der Waals surface area contributed by atoms with E-state index in [1.807, 2.05) is 0 Å². The van der Waals surface area contributed by atoms with Crippen molar-refractivity contribution in [2.75, 3.05) is 0 Å². The first-order chi connectivity index (χ1) is 3.12. The first-order valence-corrected chi connectivity index (χ1v) is 2.76. The summed E-state index contributed by atoms with van der Waals surface area (Å²) < 4.78 is 22.4. The maximum atomic E-state index is 9.90. The Morgan fingerprint density at radius 1 is 1.71 bits per heavy atom. The molecule has 0 fully saturated rings. The molecular weight excluding hydrogens is 118 g/mol. The molecule has 0 rings (SSSR count). The average Bonchev–Trinajstić information content (AvgIpc) is 1.68. The summed E-state index contributed by atoms with van der Waals surface area (Å²) in [6, 6.07) is 0. The summed E-state index contributed by atoms with van der Waals surface area (Å²) in [5.74, 6) is 4.45. The Hall–Kier alpha value is -0.460. The normalized spacial score (nSPS) is 11.0. The van der Waals surface area contributed by atoms with Crippen LogP contribution in [0.5, 0.6) is 0 Å². The van der Waals surface area contributed by atoms with Crippen molar-refractivity contribution in [2.45, 2.75) is 0 Å². The Morgan fingerprint density at radius 2 is 2.14 bits per heavy atom. The van der Waals surface area contributed by atoms with Crippen LogP contribution in [-0.4, -0.2) is 15.1 Å². The second-order valence-electron chi connectivity index (χ2n) is 0.722. The van der Waals surface area contributed by atoms with Crippen molar-refractivity contribution in [1.29, 1.82) is 0 Å². The predicted molar refractivity (Wildman–Crippen MR) is 25.8 cm³/mol. The molecule has 3 N–H and O–H groups in total. The zero-order chi connectivity index (χ0) is 5.91. The summed E-state index contributed by atoms with van der Waals surface area (Å²) >= 11 is 0. The van der Waals surface area contributed by atoms with E-state index in [2.05, 4.69) is 17.0 Å². The Kier molecular flexibility index (Phi) is 1.88. The van der Waals surface area contributed by atoms with Gasteiger partial charge >= 0.3 is 10.2 Å². The summed E-state index contributed by atoms with van der Waals surface area (Å²) in [5.41, 5.74) is 0. The van der Waals surface area contributed by atoms with Crippen LogP contribution in [0, 0.1) is 0 Å². The lowest BCUT2D eigenvalue weighted by atomic mass is 11.8. The van der Waals surface area contributed by atoms with Gasteiger partial charge in [-0.25, -0.2) is 0 Å². The summed E-state index contributed by atoms with van der Waals surface area (Å²) in [7, 11) is -3.62. The predicted octanol–water partition coefficient (Wildman–Crippen LogP) is -1.60. The fourth-order valence-corrected chi connectivity index (χ4v) is 0.112. The molecule has 0 spiro atoms. The SMILES string of the molecule is C=NS(=O)(=O)NN. The van der Waals surface area contributed by atoms with Gasteiger partial charge in [0.15, 0.2) is 0 Å². The minimum absolute atomic E-state index is 1.43. The van der Waals surface area contributed by atoms with Gasteiger partial charge in [-0.15, -0.1) is 4.83 Å². The fourth-order valence-electron chi connectivity index (χ4n) is 0.0373. The Balaban J connectivity index is 4.17. The highest BCUT2D eigenvalue weighted by Gasteiger charge is 1.95. The minimum Gasteiger partial charge on any atom is -0.256 e. The molecule has 0 aliphatic heterocycles. The molecule has 0 heterocycles. The molecule has 42 valence electrons. The van der Waals surface area contributed by atoms with Gasteiger partial charge in [0.25, 0.3) is 0 Å². The fraction of sp³-hybridized carbons (Fsp3) is 0. The lowest BCUT2D eigenvalue weighted by Crippen LogP contribution is -2.27. The highest BCUT2D eigenvalue weighted by molar-refractivity contribution is 7.88. The van der Waals surface area contributed by atoms with Gasteiger partial charge in [0, 0.05) is 6.72 Å². The van der Waals surface area contributed by atoms with E-state index in [9.17, 15) is 8.42 Å². The van der Waals surface area contributed by atoms with Gasteiger partial charge in [-0.1, -0.05) is 0 Å². The molecule has 0 atom stereocenters. The quantitative estimate of drug-likeness (QED) is 0.263. The second-order valence-corrected chi connectivity index (χ2v) is 2.17. The van der Waals surface area contributed by atoms with Crippen molar-refractivity contribution >= 4 is 16.9 Å². The van der Waals surface area contributed by atoms with Crippen LogP contribution in [0.3, 0.4) is 0 Å². The zero-order valence-electron chi connectivity index (χ0n) is 3.46. The summed E-state index contributed by atoms with van der Waals surface area (Å²) in [4.78, 5) is 1.43. The Morgan fingerprint density at radius 3 is 2.14 bits per heavy atom. The molecule has 0 saturated heterocycles. The van der Waals surface area contributed by atoms with Crippen molar-refractivity contribution in [3.63, 3.8) is 0 Å². The summed E-state index contributed by atoms with van der Waals surface area (Å²) in [6.45, 7) is 2.72. The van der Waals surface area contributed by atoms with E-state index in [-0.39, 0.29) is 0 Å². The summed E-state index contributed by atoms with van der Waals surface area (Å²) in [6.07, 6.45) is 0. The highest BCUT2D eigenvalue weighted by atomic mass is 32.2. The first kappa shape index (κ1) is 6.54. The van der Waals surface area contributed by atoms with Gasteiger partial charge in [-0.05, 0) is 0 Å². The zero-order valence-corrected chi connectivity index (χ0v) is 4.27. The molecule has 0 unspecified atom stereocenters. The maximum Gasteiger partial charge on any atom is 0.331 e. The third-order valence-electron chi connectivity index (χ3n) is 0.319. The molecule has 6 heteroatoms. The van der Waals surface area contributed by atoms with Crippen LogP contribution in [-0.2, 0) is 10.2 Å². The molecule has 0 aromatic carbocycles. The van der Waals surface area contributed by atoms with Crippen LogP contribution in [0.4, 0.5) is 0 Å². The highest BCUT2D eigenvalue weighted by Crippen LogP contribution is 1.73. The Bertz CT molecular complexity index is 146. The van der Waals surface area contributed by atoms with Crippen molar-refractivity contribution in [1.82, 2.24) is 4.83 Å². The second kappa shape index (κ2) is 2.01. The molecule has 0 amide bonds. The Labute approximate surface area is 41.4 Å². The van der Waals surface area contributed by atoms with Crippen molar-refractivity contribution in [3.8, 4) is 0 Å². The molecule has 0 bridgehead atoms. The van der Waals surface area contributed by atoms with Crippen LogP contribution in [0.25, 0.3) is 0 Å². The van der Waals surface area contributed by atoms with Crippen LogP contribution in [0.2, 0.25) is 0 Å². The molecule has 0 aromatic heterocycles. The van der Waals surface area contributed by atoms with Crippen LogP contribution in [0.1, 0.15) is 0 Å². The molecule has 0 aromatic rings. The van der Waals surface area contributed by atoms with Gasteiger partial charge < -0.3 is 0 Å². The van der Waals surface area contributed by atoms with E-state index >= 15 is 0 Å². The van der Waals surface area contributed by atoms with Crippen LogP contribution < -0.4 is 10.7 Å². The van der Waals surface area contributed by atoms with E-state index in [1.54, 1.807) is 0 Å². The van der Waals surface area contributed by atoms with E-state index in [1.165, 1.54) is 4.83 Å². The van der Waals surface area contributed by atoms with Crippen LogP contribution in [0.15, 0.2) is 4.40 Å². The molecule has 0 aliphatic carbocycles. The van der Waals surface area contributed by atoms with E-state index in [0.29, 0.717) is 0 Å². The first-order valence-electron chi connectivity index (χ1n) is 1.32. The van der Waals surface area contributed by atoms with Crippen molar-refractivity contribution in [3.05, 3.63) is 0 Å². The van der Waals surface area contributed by atoms with Crippen molar-refractivity contribution < 1.29 is 8.42 Å². The molecule has 0 aliphatic rings. The number of nitrogens with zero attached hydrogens (tertiary/aromatic N) is 1. The third kappa shape index (κ3) is 2.26. The number of rotatable bonds is 2. The standard InChI is InChI=1S/CH5N3O2S/c1-3-7(5,6)4-2/h4H,1-2H2. The average molecular weight is 123 g/mol. The number of nitrogens with one attached hydrogen (secondary N) is 1. The maximum absolute atomic E-state index is 9.90. The summed E-state index contributed by atoms with van der Waals surface area (Å²) in [5, 5.41) is 0. The van der Waals surface area contributed by atoms with Gasteiger partial charge in [0.2, 0.25) is 0 Å². The molecule has 0 radical (unpaired) electrons. The lowest BCUT2D eigenvalue weighted by molar-refractivity contribution is 0.586. The molecule has 0 saturated carbocycles. The number of hydrogen-bond acceptors (Lipinski definition) is 3. The number of hydrazine groups is 1. The van der Waals surface area contributed by atoms with Crippen LogP contribution >= 0.6 is 0 Å². The molecular formula is CH5N3O2S. The monoisotopic (exact) mass is 123 g/mol. The van der Waals surface area contributed by atoms with Gasteiger partial charge in [-0.3, -0.25) is 5.84 Å². The van der Waals surface area contributed by atoms with Gasteiger partial charge in [0.1, 0.15) is 0 Å². The van der Waals surface area contributed by atoms with Gasteiger partial charge in [0.05, 0.1) is 0 Å². The van der Waals surface area contributed by atoms with Gasteiger partial charge in [-0.2, -0.15) is 12.8 Å². The largest absolute Gasteiger partial charge is 0.331 e. The minimum atomic E-state index is -3.62. The van der Waals surface area contributed by atoms with E-state index in [4.69, 9.17) is 0 Å². The smallest absolute Gasteiger partial charge is 0.256 e. The third-order valence-corrected chi connectivity index (χ3v) is 0.957. The van der Waals surface area contributed by atoms with E-state index in [0.717, 1.165) is 0 Å². The van der Waals surface area contributed by atoms with Crippen molar-refractivity contribution in [2.24, 2.45) is 10.2 Å². The lowest BCUT2D eigenvalue weighted by Gasteiger charge is -1.86. The molecule has 7 heavy (non-hydrogen) atoms. The molecule has 5 nitrogen and oxygen atoms in total. The van der Waals surface area contributed by atoms with E-state index < -0.39 is 10.2 Å². The number of nitrogens with two attached hydrogens (primary N) is 1. The topological polar surface area (TPSA) is 84.5 Å². The number of hydrogen-bond donors (Lipinski definition) is 2.